The largest absolute Gasteiger partial charge is 0.392 e. The van der Waals surface area contributed by atoms with E-state index in [1.54, 1.807) is 16.9 Å². The fourth-order valence-electron chi connectivity index (χ4n) is 1.30. The van der Waals surface area contributed by atoms with E-state index in [4.69, 9.17) is 5.11 Å². The number of aliphatic hydroxyl groups is 1. The van der Waals surface area contributed by atoms with Gasteiger partial charge in [-0.2, -0.15) is 5.10 Å². The molecule has 0 bridgehead atoms. The Morgan fingerprint density at radius 2 is 2.29 bits per heavy atom. The molecule has 0 atom stereocenters. The Morgan fingerprint density at radius 3 is 2.93 bits per heavy atom. The van der Waals surface area contributed by atoms with Gasteiger partial charge in [-0.3, -0.25) is 0 Å². The summed E-state index contributed by atoms with van der Waals surface area (Å²) in [6, 6.07) is 1.96. The topological polar surface area (TPSA) is 50.4 Å². The van der Waals surface area contributed by atoms with Crippen molar-refractivity contribution in [2.45, 2.75) is 26.4 Å². The van der Waals surface area contributed by atoms with Gasteiger partial charge in [0.2, 0.25) is 0 Å². The van der Waals surface area contributed by atoms with E-state index in [-0.39, 0.29) is 6.61 Å². The quantitative estimate of drug-likeness (QED) is 0.779. The molecule has 0 fully saturated rings. The minimum Gasteiger partial charge on any atom is -0.392 e. The lowest BCUT2D eigenvalue weighted by molar-refractivity contribution is 0.280. The lowest BCUT2D eigenvalue weighted by Gasteiger charge is -1.96. The van der Waals surface area contributed by atoms with Gasteiger partial charge in [-0.1, -0.05) is 13.8 Å². The predicted molar refractivity (Wildman–Crippen MR) is 53.0 cm³/mol. The summed E-state index contributed by atoms with van der Waals surface area (Å²) in [6.07, 6.45) is 3.47. The molecule has 2 heterocycles. The molecule has 0 saturated heterocycles. The van der Waals surface area contributed by atoms with Gasteiger partial charge in [0.05, 0.1) is 12.3 Å². The first-order chi connectivity index (χ1) is 6.70. The van der Waals surface area contributed by atoms with Gasteiger partial charge in [-0.25, -0.2) is 9.50 Å². The molecule has 2 rings (SSSR count). The molecule has 0 aliphatic heterocycles. The van der Waals surface area contributed by atoms with E-state index in [2.05, 4.69) is 23.9 Å². The number of hydrogen-bond acceptors (Lipinski definition) is 3. The summed E-state index contributed by atoms with van der Waals surface area (Å²) in [5.74, 6) is 0.397. The molecule has 74 valence electrons. The van der Waals surface area contributed by atoms with Gasteiger partial charge in [-0.05, 0) is 5.92 Å². The van der Waals surface area contributed by atoms with E-state index >= 15 is 0 Å². The van der Waals surface area contributed by atoms with Crippen LogP contribution >= 0.6 is 0 Å². The van der Waals surface area contributed by atoms with Gasteiger partial charge in [0.15, 0.2) is 5.65 Å². The first-order valence-electron chi connectivity index (χ1n) is 4.66. The van der Waals surface area contributed by atoms with E-state index in [0.29, 0.717) is 5.92 Å². The summed E-state index contributed by atoms with van der Waals surface area (Å²) in [4.78, 5) is 4.20. The molecule has 0 unspecified atom stereocenters. The first kappa shape index (κ1) is 9.15. The van der Waals surface area contributed by atoms with Crippen molar-refractivity contribution in [1.29, 1.82) is 0 Å². The van der Waals surface area contributed by atoms with Crippen LogP contribution in [0.3, 0.4) is 0 Å². The molecule has 0 spiro atoms. The molecule has 0 aromatic carbocycles. The SMILES string of the molecule is CC(C)c1cc2ncc(CO)cn2n1. The third-order valence-corrected chi connectivity index (χ3v) is 2.16. The lowest BCUT2D eigenvalue weighted by atomic mass is 10.1. The fourth-order valence-corrected chi connectivity index (χ4v) is 1.30. The second-order valence-corrected chi connectivity index (χ2v) is 3.65. The monoisotopic (exact) mass is 191 g/mol. The average Bonchev–Trinajstić information content (AvgIpc) is 2.59. The molecule has 2 aromatic rings. The van der Waals surface area contributed by atoms with Gasteiger partial charge in [0, 0.05) is 24.0 Å². The highest BCUT2D eigenvalue weighted by Gasteiger charge is 2.06. The number of nitrogens with zero attached hydrogens (tertiary/aromatic N) is 3. The molecule has 0 aliphatic rings. The van der Waals surface area contributed by atoms with Crippen LogP contribution in [-0.4, -0.2) is 19.7 Å². The minimum atomic E-state index is -0.000187. The van der Waals surface area contributed by atoms with Crippen LogP contribution in [0.2, 0.25) is 0 Å². The van der Waals surface area contributed by atoms with Crippen molar-refractivity contribution in [2.75, 3.05) is 0 Å². The zero-order valence-corrected chi connectivity index (χ0v) is 8.31. The standard InChI is InChI=1S/C10H13N3O/c1-7(2)9-3-10-11-4-8(6-14)5-13(10)12-9/h3-5,7,14H,6H2,1-2H3. The van der Waals surface area contributed by atoms with E-state index in [1.807, 2.05) is 6.07 Å². The number of fused-ring (bicyclic) bond motifs is 1. The summed E-state index contributed by atoms with van der Waals surface area (Å²) in [5.41, 5.74) is 2.62. The predicted octanol–water partition coefficient (Wildman–Crippen LogP) is 1.34. The summed E-state index contributed by atoms with van der Waals surface area (Å²) in [5, 5.41) is 13.3. The van der Waals surface area contributed by atoms with Crippen molar-refractivity contribution in [1.82, 2.24) is 14.6 Å². The molecule has 0 aliphatic carbocycles. The second-order valence-electron chi connectivity index (χ2n) is 3.65. The summed E-state index contributed by atoms with van der Waals surface area (Å²) in [6.45, 7) is 4.18. The third-order valence-electron chi connectivity index (χ3n) is 2.16. The zero-order chi connectivity index (χ0) is 10.1. The van der Waals surface area contributed by atoms with E-state index < -0.39 is 0 Å². The van der Waals surface area contributed by atoms with Gasteiger partial charge in [-0.15, -0.1) is 0 Å². The van der Waals surface area contributed by atoms with E-state index in [0.717, 1.165) is 16.9 Å². The molecule has 0 saturated carbocycles. The number of rotatable bonds is 2. The number of hydrogen-bond donors (Lipinski definition) is 1. The molecule has 4 nitrogen and oxygen atoms in total. The number of aromatic nitrogens is 3. The van der Waals surface area contributed by atoms with Crippen LogP contribution in [0.1, 0.15) is 31.0 Å². The molecule has 0 radical (unpaired) electrons. The Kier molecular flexibility index (Phi) is 2.21. The fraction of sp³-hybridized carbons (Fsp3) is 0.400. The molecule has 1 N–H and O–H groups in total. The van der Waals surface area contributed by atoms with Crippen molar-refractivity contribution in [3.05, 3.63) is 29.7 Å². The smallest absolute Gasteiger partial charge is 0.155 e. The maximum atomic E-state index is 8.93. The number of aliphatic hydroxyl groups excluding tert-OH is 1. The van der Waals surface area contributed by atoms with Gasteiger partial charge >= 0.3 is 0 Å². The maximum Gasteiger partial charge on any atom is 0.155 e. The minimum absolute atomic E-state index is 0.000187. The summed E-state index contributed by atoms with van der Waals surface area (Å²) >= 11 is 0. The Hall–Kier alpha value is -1.42. The molecule has 4 heteroatoms. The molecule has 0 amide bonds. The maximum absolute atomic E-state index is 8.93. The van der Waals surface area contributed by atoms with Gasteiger partial charge in [0.1, 0.15) is 0 Å². The van der Waals surface area contributed by atoms with Crippen LogP contribution in [0.25, 0.3) is 5.65 Å². The van der Waals surface area contributed by atoms with Gasteiger partial charge < -0.3 is 5.11 Å². The summed E-state index contributed by atoms with van der Waals surface area (Å²) < 4.78 is 1.71. The van der Waals surface area contributed by atoms with Crippen LogP contribution in [0.4, 0.5) is 0 Å². The second kappa shape index (κ2) is 3.38. The Morgan fingerprint density at radius 1 is 1.50 bits per heavy atom. The highest BCUT2D eigenvalue weighted by molar-refractivity contribution is 5.40. The van der Waals surface area contributed by atoms with Crippen LogP contribution in [0.5, 0.6) is 0 Å². The normalized spacial score (nSPS) is 11.4. The van der Waals surface area contributed by atoms with Crippen LogP contribution in [0.15, 0.2) is 18.5 Å². The van der Waals surface area contributed by atoms with Gasteiger partial charge in [0.25, 0.3) is 0 Å². The van der Waals surface area contributed by atoms with E-state index in [1.165, 1.54) is 0 Å². The third kappa shape index (κ3) is 1.48. The van der Waals surface area contributed by atoms with Crippen molar-refractivity contribution < 1.29 is 5.11 Å². The Bertz CT molecular complexity index is 448. The zero-order valence-electron chi connectivity index (χ0n) is 8.31. The Balaban J connectivity index is 2.54. The lowest BCUT2D eigenvalue weighted by Crippen LogP contribution is -1.95. The highest BCUT2D eigenvalue weighted by Crippen LogP contribution is 2.14. The average molecular weight is 191 g/mol. The summed E-state index contributed by atoms with van der Waals surface area (Å²) in [7, 11) is 0. The van der Waals surface area contributed by atoms with Crippen molar-refractivity contribution in [2.24, 2.45) is 0 Å². The Labute approximate surface area is 82.2 Å². The van der Waals surface area contributed by atoms with E-state index in [9.17, 15) is 0 Å². The van der Waals surface area contributed by atoms with Crippen LogP contribution in [-0.2, 0) is 6.61 Å². The highest BCUT2D eigenvalue weighted by atomic mass is 16.3. The van der Waals surface area contributed by atoms with Crippen molar-refractivity contribution in [3.63, 3.8) is 0 Å². The van der Waals surface area contributed by atoms with Crippen molar-refractivity contribution in [3.8, 4) is 0 Å². The van der Waals surface area contributed by atoms with Crippen LogP contribution in [0, 0.1) is 0 Å². The molecule has 2 aromatic heterocycles. The molecular formula is C10H13N3O. The van der Waals surface area contributed by atoms with Crippen molar-refractivity contribution >= 4 is 5.65 Å². The van der Waals surface area contributed by atoms with Crippen LogP contribution < -0.4 is 0 Å². The molecule has 14 heavy (non-hydrogen) atoms. The first-order valence-corrected chi connectivity index (χ1v) is 4.66. The molecular weight excluding hydrogens is 178 g/mol.